The first-order valence-corrected chi connectivity index (χ1v) is 8.72. The highest BCUT2D eigenvalue weighted by Crippen LogP contribution is 2.22. The topological polar surface area (TPSA) is 93.2 Å². The second kappa shape index (κ2) is 8.83. The predicted molar refractivity (Wildman–Crippen MR) is 101 cm³/mol. The summed E-state index contributed by atoms with van der Waals surface area (Å²) in [6.07, 6.45) is 4.84. The molecule has 0 fully saturated rings. The number of furan rings is 1. The fourth-order valence-corrected chi connectivity index (χ4v) is 3.17. The molecule has 27 heavy (non-hydrogen) atoms. The molecule has 1 aliphatic heterocycles. The van der Waals surface area contributed by atoms with Gasteiger partial charge in [-0.1, -0.05) is 29.4 Å². The molecular weight excluding hydrogens is 368 g/mol. The van der Waals surface area contributed by atoms with Gasteiger partial charge in [-0.15, -0.1) is 12.4 Å². The van der Waals surface area contributed by atoms with Crippen LogP contribution in [0.25, 0.3) is 11.4 Å². The zero-order valence-corrected chi connectivity index (χ0v) is 15.5. The normalized spacial score (nSPS) is 15.6. The Balaban J connectivity index is 0.00000210. The maximum atomic E-state index is 12.2. The zero-order chi connectivity index (χ0) is 17.8. The summed E-state index contributed by atoms with van der Waals surface area (Å²) in [4.78, 5) is 16.4. The van der Waals surface area contributed by atoms with E-state index < -0.39 is 0 Å². The van der Waals surface area contributed by atoms with Gasteiger partial charge >= 0.3 is 0 Å². The molecule has 1 aliphatic rings. The van der Waals surface area contributed by atoms with Crippen molar-refractivity contribution in [2.45, 2.75) is 25.3 Å². The Hall–Kier alpha value is -2.64. The van der Waals surface area contributed by atoms with E-state index in [2.05, 4.69) is 39.0 Å². The van der Waals surface area contributed by atoms with Crippen LogP contribution in [0.2, 0.25) is 0 Å². The third-order valence-electron chi connectivity index (χ3n) is 4.53. The zero-order valence-electron chi connectivity index (χ0n) is 14.7. The minimum Gasteiger partial charge on any atom is -0.472 e. The molecule has 3 heterocycles. The quantitative estimate of drug-likeness (QED) is 0.674. The van der Waals surface area contributed by atoms with Gasteiger partial charge in [0.1, 0.15) is 6.26 Å². The fraction of sp³-hybridized carbons (Fsp3) is 0.316. The largest absolute Gasteiger partial charge is 0.472 e. The van der Waals surface area contributed by atoms with E-state index >= 15 is 0 Å². The maximum absolute atomic E-state index is 12.2. The Labute approximate surface area is 162 Å². The predicted octanol–water partition coefficient (Wildman–Crippen LogP) is 2.69. The molecule has 0 saturated carbocycles. The van der Waals surface area contributed by atoms with E-state index in [0.29, 0.717) is 31.1 Å². The van der Waals surface area contributed by atoms with Gasteiger partial charge in [-0.25, -0.2) is 0 Å². The molecule has 0 spiro atoms. The number of amides is 1. The standard InChI is InChI=1S/C19H20N4O3.ClH/c24-17(5-6-18-22-19(23-26-18)14-8-10-25-12-14)21-11-16-15-4-2-1-3-13(15)7-9-20-16;/h1-4,8,10,12,16,20H,5-7,9,11H2,(H,21,24);1H. The van der Waals surface area contributed by atoms with Crippen LogP contribution in [0.3, 0.4) is 0 Å². The van der Waals surface area contributed by atoms with Crippen molar-refractivity contribution < 1.29 is 13.7 Å². The summed E-state index contributed by atoms with van der Waals surface area (Å²) in [7, 11) is 0. The first-order chi connectivity index (χ1) is 12.8. The van der Waals surface area contributed by atoms with Crippen LogP contribution < -0.4 is 10.6 Å². The average molecular weight is 389 g/mol. The Morgan fingerprint density at radius 2 is 2.19 bits per heavy atom. The van der Waals surface area contributed by atoms with Crippen molar-refractivity contribution in [1.82, 2.24) is 20.8 Å². The van der Waals surface area contributed by atoms with Gasteiger partial charge in [0.15, 0.2) is 0 Å². The molecule has 0 saturated heterocycles. The van der Waals surface area contributed by atoms with Gasteiger partial charge in [0.2, 0.25) is 17.6 Å². The molecule has 0 radical (unpaired) electrons. The molecule has 1 aromatic carbocycles. The van der Waals surface area contributed by atoms with Crippen molar-refractivity contribution in [3.63, 3.8) is 0 Å². The minimum absolute atomic E-state index is 0. The summed E-state index contributed by atoms with van der Waals surface area (Å²) >= 11 is 0. The smallest absolute Gasteiger partial charge is 0.227 e. The molecule has 0 bridgehead atoms. The summed E-state index contributed by atoms with van der Waals surface area (Å²) < 4.78 is 10.2. The van der Waals surface area contributed by atoms with E-state index in [4.69, 9.17) is 8.94 Å². The number of aryl methyl sites for hydroxylation is 1. The van der Waals surface area contributed by atoms with Crippen LogP contribution in [0.4, 0.5) is 0 Å². The van der Waals surface area contributed by atoms with Crippen LogP contribution >= 0.6 is 12.4 Å². The van der Waals surface area contributed by atoms with Crippen LogP contribution in [-0.4, -0.2) is 29.1 Å². The van der Waals surface area contributed by atoms with Crippen LogP contribution in [0.15, 0.2) is 51.8 Å². The number of fused-ring (bicyclic) bond motifs is 1. The van der Waals surface area contributed by atoms with E-state index in [0.717, 1.165) is 18.5 Å². The fourth-order valence-electron chi connectivity index (χ4n) is 3.17. The molecule has 1 amide bonds. The number of halogens is 1. The Morgan fingerprint density at radius 1 is 1.30 bits per heavy atom. The Morgan fingerprint density at radius 3 is 3.04 bits per heavy atom. The molecule has 0 aliphatic carbocycles. The van der Waals surface area contributed by atoms with E-state index in [9.17, 15) is 4.79 Å². The molecule has 142 valence electrons. The summed E-state index contributed by atoms with van der Waals surface area (Å²) in [5, 5.41) is 10.3. The lowest BCUT2D eigenvalue weighted by molar-refractivity contribution is -0.121. The monoisotopic (exact) mass is 388 g/mol. The summed E-state index contributed by atoms with van der Waals surface area (Å²) in [6, 6.07) is 10.3. The van der Waals surface area contributed by atoms with Gasteiger partial charge in [0, 0.05) is 25.4 Å². The van der Waals surface area contributed by atoms with Crippen molar-refractivity contribution in [1.29, 1.82) is 0 Å². The molecule has 2 N–H and O–H groups in total. The highest BCUT2D eigenvalue weighted by atomic mass is 35.5. The number of nitrogens with zero attached hydrogens (tertiary/aromatic N) is 2. The van der Waals surface area contributed by atoms with Crippen molar-refractivity contribution in [2.75, 3.05) is 13.1 Å². The van der Waals surface area contributed by atoms with Crippen molar-refractivity contribution in [3.05, 3.63) is 59.9 Å². The van der Waals surface area contributed by atoms with E-state index in [1.165, 1.54) is 11.1 Å². The lowest BCUT2D eigenvalue weighted by Crippen LogP contribution is -2.38. The second-order valence-electron chi connectivity index (χ2n) is 6.28. The number of nitrogens with one attached hydrogen (secondary N) is 2. The second-order valence-corrected chi connectivity index (χ2v) is 6.28. The summed E-state index contributed by atoms with van der Waals surface area (Å²) in [5.74, 6) is 0.882. The van der Waals surface area contributed by atoms with Crippen molar-refractivity contribution in [3.8, 4) is 11.4 Å². The third-order valence-corrected chi connectivity index (χ3v) is 4.53. The lowest BCUT2D eigenvalue weighted by atomic mass is 9.94. The number of carbonyl (C=O) groups excluding carboxylic acids is 1. The lowest BCUT2D eigenvalue weighted by Gasteiger charge is -2.27. The number of hydrogen-bond donors (Lipinski definition) is 2. The van der Waals surface area contributed by atoms with E-state index in [1.54, 1.807) is 18.6 Å². The van der Waals surface area contributed by atoms with Gasteiger partial charge in [0.05, 0.1) is 11.8 Å². The van der Waals surface area contributed by atoms with Crippen LogP contribution in [-0.2, 0) is 17.6 Å². The van der Waals surface area contributed by atoms with Gasteiger partial charge in [-0.2, -0.15) is 4.98 Å². The number of aromatic nitrogens is 2. The minimum atomic E-state index is -0.0297. The van der Waals surface area contributed by atoms with Crippen LogP contribution in [0.1, 0.15) is 29.5 Å². The molecule has 1 atom stereocenters. The summed E-state index contributed by atoms with van der Waals surface area (Å²) in [5.41, 5.74) is 3.37. The average Bonchev–Trinajstić information content (AvgIpc) is 3.36. The molecule has 8 heteroatoms. The number of rotatable bonds is 6. The molecule has 4 rings (SSSR count). The Kier molecular flexibility index (Phi) is 6.26. The third kappa shape index (κ3) is 4.56. The molecule has 2 aromatic heterocycles. The van der Waals surface area contributed by atoms with Gasteiger partial charge in [-0.3, -0.25) is 4.79 Å². The molecular formula is C19H21ClN4O3. The Bertz CT molecular complexity index is 879. The first-order valence-electron chi connectivity index (χ1n) is 8.72. The van der Waals surface area contributed by atoms with Crippen molar-refractivity contribution >= 4 is 18.3 Å². The number of hydrogen-bond acceptors (Lipinski definition) is 6. The van der Waals surface area contributed by atoms with Gasteiger partial charge in [-0.05, 0) is 30.2 Å². The highest BCUT2D eigenvalue weighted by Gasteiger charge is 2.19. The van der Waals surface area contributed by atoms with Crippen LogP contribution in [0, 0.1) is 0 Å². The number of benzene rings is 1. The molecule has 7 nitrogen and oxygen atoms in total. The van der Waals surface area contributed by atoms with Gasteiger partial charge in [0.25, 0.3) is 0 Å². The molecule has 1 unspecified atom stereocenters. The van der Waals surface area contributed by atoms with Crippen LogP contribution in [0.5, 0.6) is 0 Å². The van der Waals surface area contributed by atoms with E-state index in [1.807, 2.05) is 6.07 Å². The highest BCUT2D eigenvalue weighted by molar-refractivity contribution is 5.85. The molecule has 3 aromatic rings. The first kappa shape index (κ1) is 19.1. The van der Waals surface area contributed by atoms with Gasteiger partial charge < -0.3 is 19.6 Å². The number of carbonyl (C=O) groups is 1. The van der Waals surface area contributed by atoms with E-state index in [-0.39, 0.29) is 24.4 Å². The maximum Gasteiger partial charge on any atom is 0.227 e. The van der Waals surface area contributed by atoms with Crippen molar-refractivity contribution in [2.24, 2.45) is 0 Å². The SMILES string of the molecule is Cl.O=C(CCc1nc(-c2ccoc2)no1)NCC1NCCc2ccccc21. The summed E-state index contributed by atoms with van der Waals surface area (Å²) in [6.45, 7) is 1.50.